The Hall–Kier alpha value is -0.900. The van der Waals surface area contributed by atoms with E-state index in [2.05, 4.69) is 27.8 Å². The van der Waals surface area contributed by atoms with Crippen LogP contribution in [0.15, 0.2) is 29.6 Å². The summed E-state index contributed by atoms with van der Waals surface area (Å²) in [6.45, 7) is 2.03. The van der Waals surface area contributed by atoms with Gasteiger partial charge in [-0.3, -0.25) is 0 Å². The molecule has 0 amide bonds. The van der Waals surface area contributed by atoms with Gasteiger partial charge in [-0.15, -0.1) is 11.3 Å². The van der Waals surface area contributed by atoms with Crippen LogP contribution in [0.4, 0.5) is 0 Å². The Bertz CT molecular complexity index is 478. The van der Waals surface area contributed by atoms with E-state index < -0.39 is 0 Å². The van der Waals surface area contributed by atoms with E-state index in [4.69, 9.17) is 11.6 Å². The minimum atomic E-state index is 0.286. The fourth-order valence-corrected chi connectivity index (χ4v) is 2.54. The fourth-order valence-electron chi connectivity index (χ4n) is 1.79. The Labute approximate surface area is 111 Å². The van der Waals surface area contributed by atoms with Crippen molar-refractivity contribution in [1.82, 2.24) is 10.3 Å². The first kappa shape index (κ1) is 12.6. The van der Waals surface area contributed by atoms with Gasteiger partial charge < -0.3 is 5.32 Å². The monoisotopic (exact) mass is 266 g/mol. The minimum absolute atomic E-state index is 0.286. The highest BCUT2D eigenvalue weighted by Gasteiger charge is 2.11. The topological polar surface area (TPSA) is 24.9 Å². The van der Waals surface area contributed by atoms with Crippen molar-refractivity contribution in [3.8, 4) is 0 Å². The maximum atomic E-state index is 5.89. The molecule has 1 atom stereocenters. The number of rotatable bonds is 4. The summed E-state index contributed by atoms with van der Waals surface area (Å²) in [6.07, 6.45) is 0.905. The van der Waals surface area contributed by atoms with Crippen LogP contribution in [0.2, 0.25) is 5.02 Å². The quantitative estimate of drug-likeness (QED) is 0.915. The van der Waals surface area contributed by atoms with Crippen LogP contribution in [0.5, 0.6) is 0 Å². The average molecular weight is 267 g/mol. The highest BCUT2D eigenvalue weighted by molar-refractivity contribution is 7.09. The molecule has 1 N–H and O–H groups in total. The maximum absolute atomic E-state index is 5.89. The van der Waals surface area contributed by atoms with Gasteiger partial charge in [-0.2, -0.15) is 0 Å². The molecule has 0 spiro atoms. The van der Waals surface area contributed by atoms with Crippen LogP contribution in [-0.2, 0) is 6.42 Å². The molecule has 2 rings (SSSR count). The molecule has 90 valence electrons. The second-order valence-corrected chi connectivity index (χ2v) is 5.45. The van der Waals surface area contributed by atoms with Crippen molar-refractivity contribution in [2.75, 3.05) is 7.05 Å². The lowest BCUT2D eigenvalue weighted by molar-refractivity contribution is 0.585. The SMILES string of the molecule is CNC(Cc1csc(C)n1)c1ccc(Cl)cc1. The zero-order valence-electron chi connectivity index (χ0n) is 9.90. The second kappa shape index (κ2) is 5.63. The highest BCUT2D eigenvalue weighted by atomic mass is 35.5. The van der Waals surface area contributed by atoms with Crippen LogP contribution in [0, 0.1) is 6.92 Å². The van der Waals surface area contributed by atoms with Crippen LogP contribution in [0.3, 0.4) is 0 Å². The van der Waals surface area contributed by atoms with E-state index in [1.165, 1.54) is 5.56 Å². The Kier molecular flexibility index (Phi) is 4.15. The second-order valence-electron chi connectivity index (χ2n) is 3.95. The lowest BCUT2D eigenvalue weighted by Crippen LogP contribution is -2.18. The Morgan fingerprint density at radius 2 is 2.06 bits per heavy atom. The number of hydrogen-bond donors (Lipinski definition) is 1. The molecule has 4 heteroatoms. The van der Waals surface area contributed by atoms with E-state index in [0.29, 0.717) is 0 Å². The third-order valence-electron chi connectivity index (χ3n) is 2.70. The lowest BCUT2D eigenvalue weighted by Gasteiger charge is -2.15. The van der Waals surface area contributed by atoms with E-state index in [0.717, 1.165) is 22.1 Å². The molecule has 17 heavy (non-hydrogen) atoms. The van der Waals surface area contributed by atoms with E-state index >= 15 is 0 Å². The van der Waals surface area contributed by atoms with Crippen molar-refractivity contribution in [3.63, 3.8) is 0 Å². The van der Waals surface area contributed by atoms with Crippen molar-refractivity contribution < 1.29 is 0 Å². The third kappa shape index (κ3) is 3.28. The maximum Gasteiger partial charge on any atom is 0.0897 e. The third-order valence-corrected chi connectivity index (χ3v) is 3.77. The molecule has 0 bridgehead atoms. The number of nitrogens with one attached hydrogen (secondary N) is 1. The lowest BCUT2D eigenvalue weighted by atomic mass is 10.0. The predicted octanol–water partition coefficient (Wildman–Crippen LogP) is 3.61. The van der Waals surface area contributed by atoms with Crippen LogP contribution >= 0.6 is 22.9 Å². The van der Waals surface area contributed by atoms with Crippen molar-refractivity contribution in [1.29, 1.82) is 0 Å². The zero-order chi connectivity index (χ0) is 12.3. The van der Waals surface area contributed by atoms with E-state index in [-0.39, 0.29) is 6.04 Å². The predicted molar refractivity (Wildman–Crippen MR) is 73.8 cm³/mol. The number of likely N-dealkylation sites (N-methyl/N-ethyl adjacent to an activating group) is 1. The molecule has 2 nitrogen and oxygen atoms in total. The summed E-state index contributed by atoms with van der Waals surface area (Å²) in [4.78, 5) is 4.49. The standard InChI is InChI=1S/C13H15ClN2S/c1-9-16-12(8-17-9)7-13(15-2)10-3-5-11(14)6-4-10/h3-6,8,13,15H,7H2,1-2H3. The molecular weight excluding hydrogens is 252 g/mol. The number of nitrogens with zero attached hydrogens (tertiary/aromatic N) is 1. The molecular formula is C13H15ClN2S. The minimum Gasteiger partial charge on any atom is -0.313 e. The van der Waals surface area contributed by atoms with Crippen molar-refractivity contribution >= 4 is 22.9 Å². The Morgan fingerprint density at radius 3 is 2.59 bits per heavy atom. The van der Waals surface area contributed by atoms with Crippen LogP contribution in [0.1, 0.15) is 22.3 Å². The molecule has 0 fully saturated rings. The normalized spacial score (nSPS) is 12.6. The van der Waals surface area contributed by atoms with Gasteiger partial charge in [-0.05, 0) is 31.7 Å². The first-order chi connectivity index (χ1) is 8.19. The van der Waals surface area contributed by atoms with Crippen molar-refractivity contribution in [2.24, 2.45) is 0 Å². The summed E-state index contributed by atoms with van der Waals surface area (Å²) in [6, 6.07) is 8.25. The smallest absolute Gasteiger partial charge is 0.0897 e. The van der Waals surface area contributed by atoms with Gasteiger partial charge in [0.25, 0.3) is 0 Å². The number of thiazole rings is 1. The summed E-state index contributed by atoms with van der Waals surface area (Å²) < 4.78 is 0. The molecule has 0 aliphatic heterocycles. The first-order valence-corrected chi connectivity index (χ1v) is 6.78. The molecule has 0 saturated heterocycles. The molecule has 1 aromatic heterocycles. The molecule has 0 aliphatic rings. The number of halogens is 1. The number of hydrogen-bond acceptors (Lipinski definition) is 3. The zero-order valence-corrected chi connectivity index (χ0v) is 11.5. The molecule has 0 radical (unpaired) electrons. The number of aryl methyl sites for hydroxylation is 1. The Morgan fingerprint density at radius 1 is 1.35 bits per heavy atom. The van der Waals surface area contributed by atoms with Crippen LogP contribution in [0.25, 0.3) is 0 Å². The molecule has 2 aromatic rings. The molecule has 0 aliphatic carbocycles. The summed E-state index contributed by atoms with van der Waals surface area (Å²) in [5.74, 6) is 0. The van der Waals surface area contributed by atoms with Gasteiger partial charge in [-0.25, -0.2) is 4.98 Å². The molecule has 1 heterocycles. The highest BCUT2D eigenvalue weighted by Crippen LogP contribution is 2.21. The summed E-state index contributed by atoms with van der Waals surface area (Å²) >= 11 is 7.59. The summed E-state index contributed by atoms with van der Waals surface area (Å²) in [5, 5.41) is 7.33. The molecule has 1 unspecified atom stereocenters. The van der Waals surface area contributed by atoms with Gasteiger partial charge in [0.05, 0.1) is 10.7 Å². The van der Waals surface area contributed by atoms with Crippen molar-refractivity contribution in [3.05, 3.63) is 50.9 Å². The number of benzene rings is 1. The summed E-state index contributed by atoms with van der Waals surface area (Å²) in [7, 11) is 1.97. The van der Waals surface area contributed by atoms with E-state index in [1.54, 1.807) is 11.3 Å². The average Bonchev–Trinajstić information content (AvgIpc) is 2.73. The van der Waals surface area contributed by atoms with Gasteiger partial charge in [0, 0.05) is 22.9 Å². The van der Waals surface area contributed by atoms with Gasteiger partial charge in [-0.1, -0.05) is 23.7 Å². The summed E-state index contributed by atoms with van der Waals surface area (Å²) in [5.41, 5.74) is 2.38. The van der Waals surface area contributed by atoms with Gasteiger partial charge in [0.1, 0.15) is 0 Å². The molecule has 0 saturated carbocycles. The number of aromatic nitrogens is 1. The van der Waals surface area contributed by atoms with E-state index in [9.17, 15) is 0 Å². The van der Waals surface area contributed by atoms with Gasteiger partial charge in [0.2, 0.25) is 0 Å². The largest absolute Gasteiger partial charge is 0.313 e. The molecule has 1 aromatic carbocycles. The van der Waals surface area contributed by atoms with Gasteiger partial charge >= 0.3 is 0 Å². The van der Waals surface area contributed by atoms with Crippen LogP contribution < -0.4 is 5.32 Å². The van der Waals surface area contributed by atoms with Crippen molar-refractivity contribution in [2.45, 2.75) is 19.4 Å². The van der Waals surface area contributed by atoms with Gasteiger partial charge in [0.15, 0.2) is 0 Å². The first-order valence-electron chi connectivity index (χ1n) is 5.53. The van der Waals surface area contributed by atoms with Crippen LogP contribution in [-0.4, -0.2) is 12.0 Å². The van der Waals surface area contributed by atoms with E-state index in [1.807, 2.05) is 26.1 Å². The fraction of sp³-hybridized carbons (Fsp3) is 0.308. The Balaban J connectivity index is 2.13.